The lowest BCUT2D eigenvalue weighted by atomic mass is 9.91. The SMILES string of the molecule is O=C(O)C=COC(C=CC(=O)O)(C=CC(=O)O)[C@H](O)[C@H](O)CO.OC[C@@H](O)[C@@H](O)CO.OC[C@@H](O)[C@@H](O)CO.OC[C@@H](O)[C@@H](O)CO.OC[C@@H](O)[C@@H](O)CO. The Balaban J connectivity index is -0.000000214. The van der Waals surface area contributed by atoms with Crippen molar-refractivity contribution in [1.82, 2.24) is 0 Å². The van der Waals surface area contributed by atoms with Crippen molar-refractivity contribution in [2.45, 2.75) is 66.6 Å². The first-order valence-corrected chi connectivity index (χ1v) is 15.2. The van der Waals surface area contributed by atoms with Crippen LogP contribution in [0.25, 0.3) is 0 Å². The number of carbonyl (C=O) groups is 3. The molecule has 26 heteroatoms. The van der Waals surface area contributed by atoms with Crippen molar-refractivity contribution < 1.29 is 131 Å². The van der Waals surface area contributed by atoms with Crippen molar-refractivity contribution in [3.05, 3.63) is 36.6 Å². The molecule has 26 nitrogen and oxygen atoms in total. The molecule has 0 aromatic rings. The first kappa shape index (κ1) is 60.9. The lowest BCUT2D eigenvalue weighted by molar-refractivity contribution is -0.133. The summed E-state index contributed by atoms with van der Waals surface area (Å²) in [4.78, 5) is 31.7. The van der Waals surface area contributed by atoms with E-state index < -0.39 is 144 Å². The molecule has 0 aromatic heterocycles. The van der Waals surface area contributed by atoms with Crippen molar-refractivity contribution in [2.24, 2.45) is 0 Å². The molecule has 0 aliphatic heterocycles. The first-order chi connectivity index (χ1) is 25.5. The zero-order valence-electron chi connectivity index (χ0n) is 29.1. The number of carboxylic acids is 3. The molecule has 328 valence electrons. The van der Waals surface area contributed by atoms with Gasteiger partial charge in [0.25, 0.3) is 0 Å². The van der Waals surface area contributed by atoms with Crippen molar-refractivity contribution in [3.8, 4) is 0 Å². The number of rotatable bonds is 22. The third kappa shape index (κ3) is 33.7. The van der Waals surface area contributed by atoms with E-state index in [2.05, 4.69) is 0 Å². The summed E-state index contributed by atoms with van der Waals surface area (Å²) in [5, 5.41) is 187. The highest BCUT2D eigenvalue weighted by molar-refractivity contribution is 5.81. The van der Waals surface area contributed by atoms with E-state index in [0.29, 0.717) is 36.6 Å². The van der Waals surface area contributed by atoms with Gasteiger partial charge in [-0.1, -0.05) is 0 Å². The first-order valence-electron chi connectivity index (χ1n) is 15.2. The Hall–Kier alpha value is -3.33. The van der Waals surface area contributed by atoms with E-state index in [-0.39, 0.29) is 0 Å². The maximum Gasteiger partial charge on any atom is 0.331 e. The molecule has 0 spiro atoms. The summed E-state index contributed by atoms with van der Waals surface area (Å²) in [6.07, 6.45) is -10.2. The van der Waals surface area contributed by atoms with Crippen LogP contribution in [0.2, 0.25) is 0 Å². The highest BCUT2D eigenvalue weighted by Gasteiger charge is 2.39. The number of aliphatic hydroxyl groups is 19. The van der Waals surface area contributed by atoms with E-state index in [4.69, 9.17) is 107 Å². The fourth-order valence-corrected chi connectivity index (χ4v) is 2.39. The monoisotopic (exact) mass is 820 g/mol. The molecule has 0 radical (unpaired) electrons. The minimum Gasteiger partial charge on any atom is -0.484 e. The summed E-state index contributed by atoms with van der Waals surface area (Å²) in [7, 11) is 0. The molecule has 0 aromatic carbocycles. The van der Waals surface area contributed by atoms with Crippen LogP contribution in [-0.4, -0.2) is 256 Å². The van der Waals surface area contributed by atoms with E-state index in [1.54, 1.807) is 0 Å². The molecule has 0 unspecified atom stereocenters. The highest BCUT2D eigenvalue weighted by atomic mass is 16.5. The number of hydrogen-bond acceptors (Lipinski definition) is 23. The van der Waals surface area contributed by atoms with Crippen LogP contribution in [0.15, 0.2) is 36.6 Å². The number of aliphatic hydroxyl groups excluding tert-OH is 19. The predicted octanol–water partition coefficient (Wildman–Crippen LogP) is -10.9. The van der Waals surface area contributed by atoms with Gasteiger partial charge in [0.05, 0.1) is 71.8 Å². The second kappa shape index (κ2) is 37.6. The number of aliphatic carboxylic acids is 3. The smallest absolute Gasteiger partial charge is 0.331 e. The van der Waals surface area contributed by atoms with Crippen LogP contribution in [-0.2, 0) is 19.1 Å². The van der Waals surface area contributed by atoms with Gasteiger partial charge in [0.1, 0.15) is 61.0 Å². The predicted molar refractivity (Wildman–Crippen MR) is 178 cm³/mol. The van der Waals surface area contributed by atoms with E-state index in [0.717, 1.165) is 0 Å². The molecule has 0 fully saturated rings. The average Bonchev–Trinajstić information content (AvgIpc) is 3.18. The van der Waals surface area contributed by atoms with Gasteiger partial charge >= 0.3 is 17.9 Å². The third-order valence-corrected chi connectivity index (χ3v) is 5.74. The van der Waals surface area contributed by atoms with E-state index >= 15 is 0 Å². The summed E-state index contributed by atoms with van der Waals surface area (Å²) in [6, 6.07) is 0. The van der Waals surface area contributed by atoms with Gasteiger partial charge in [-0.3, -0.25) is 0 Å². The van der Waals surface area contributed by atoms with Crippen LogP contribution >= 0.6 is 0 Å². The summed E-state index contributed by atoms with van der Waals surface area (Å²) in [5.74, 6) is -4.38. The number of carboxylic acid groups (broad SMARTS) is 3. The van der Waals surface area contributed by atoms with Crippen molar-refractivity contribution in [3.63, 3.8) is 0 Å². The van der Waals surface area contributed by atoms with Gasteiger partial charge < -0.3 is 117 Å². The van der Waals surface area contributed by atoms with Gasteiger partial charge in [0, 0.05) is 12.2 Å². The number of hydrogen-bond donors (Lipinski definition) is 22. The van der Waals surface area contributed by atoms with E-state index in [9.17, 15) is 24.6 Å². The highest BCUT2D eigenvalue weighted by Crippen LogP contribution is 2.24. The summed E-state index contributed by atoms with van der Waals surface area (Å²) in [5.41, 5.74) is -2.25. The minimum atomic E-state index is -2.25. The molecular weight excluding hydrogens is 764 g/mol. The molecule has 0 aliphatic carbocycles. The van der Waals surface area contributed by atoms with Gasteiger partial charge in [-0.05, 0) is 12.2 Å². The molecular formula is C29H56O26. The summed E-state index contributed by atoms with van der Waals surface area (Å²) in [6.45, 7) is -5.16. The second-order valence-electron chi connectivity index (χ2n) is 10.1. The van der Waals surface area contributed by atoms with Crippen molar-refractivity contribution in [1.29, 1.82) is 0 Å². The molecule has 0 rings (SSSR count). The molecule has 10 atom stereocenters. The Labute approximate surface area is 312 Å². The van der Waals surface area contributed by atoms with Crippen LogP contribution in [0.4, 0.5) is 0 Å². The maximum atomic E-state index is 10.6. The maximum absolute atomic E-state index is 10.6. The molecule has 22 N–H and O–H groups in total. The van der Waals surface area contributed by atoms with Crippen LogP contribution < -0.4 is 0 Å². The van der Waals surface area contributed by atoms with Crippen LogP contribution in [0.1, 0.15) is 0 Å². The van der Waals surface area contributed by atoms with Crippen LogP contribution in [0.3, 0.4) is 0 Å². The topological polar surface area (TPSA) is 506 Å². The van der Waals surface area contributed by atoms with Gasteiger partial charge in [0.2, 0.25) is 0 Å². The van der Waals surface area contributed by atoms with E-state index in [1.165, 1.54) is 0 Å². The van der Waals surface area contributed by atoms with Gasteiger partial charge in [-0.25, -0.2) is 14.4 Å². The molecule has 0 aliphatic rings. The largest absolute Gasteiger partial charge is 0.484 e. The Kier molecular flexibility index (Phi) is 41.6. The lowest BCUT2D eigenvalue weighted by Gasteiger charge is -2.33. The summed E-state index contributed by atoms with van der Waals surface area (Å²) < 4.78 is 4.94. The Morgan fingerprint density at radius 3 is 0.745 bits per heavy atom. The molecule has 0 bridgehead atoms. The molecule has 0 saturated heterocycles. The zero-order valence-corrected chi connectivity index (χ0v) is 29.1. The standard InChI is InChI=1S/C13H16O10.4C4H10O4/c14-7-8(15)12(22)13(4-1-9(16)17,5-2-10(18)19)23-6-3-11(20)21;4*5-1-3(7)4(8)2-6/h1-6,8,12,14-15,22H,7H2,(H,16,17)(H,18,19)(H,20,21);4*3-8H,1-2H2/t8-,12-,13?;4*3-,4+/m1..../s1. The van der Waals surface area contributed by atoms with Crippen molar-refractivity contribution >= 4 is 17.9 Å². The van der Waals surface area contributed by atoms with Crippen LogP contribution in [0.5, 0.6) is 0 Å². The fraction of sp³-hybridized carbons (Fsp3) is 0.690. The number of ether oxygens (including phenoxy) is 1. The second-order valence-corrected chi connectivity index (χ2v) is 10.1. The van der Waals surface area contributed by atoms with Crippen molar-refractivity contribution in [2.75, 3.05) is 59.5 Å². The van der Waals surface area contributed by atoms with Gasteiger partial charge in [0.15, 0.2) is 5.60 Å². The molecule has 0 amide bonds. The van der Waals surface area contributed by atoms with E-state index in [1.807, 2.05) is 0 Å². The Morgan fingerprint density at radius 1 is 0.382 bits per heavy atom. The Bertz CT molecular complexity index is 905. The molecule has 0 heterocycles. The lowest BCUT2D eigenvalue weighted by Crippen LogP contribution is -2.49. The van der Waals surface area contributed by atoms with Gasteiger partial charge in [-0.15, -0.1) is 0 Å². The average molecular weight is 821 g/mol. The normalized spacial score (nSPS) is 17.7. The Morgan fingerprint density at radius 2 is 0.582 bits per heavy atom. The summed E-state index contributed by atoms with van der Waals surface area (Å²) >= 11 is 0. The fourth-order valence-electron chi connectivity index (χ4n) is 2.39. The third-order valence-electron chi connectivity index (χ3n) is 5.74. The van der Waals surface area contributed by atoms with Crippen LogP contribution in [0, 0.1) is 0 Å². The molecule has 55 heavy (non-hydrogen) atoms. The van der Waals surface area contributed by atoms with Gasteiger partial charge in [-0.2, -0.15) is 0 Å². The molecule has 0 saturated carbocycles. The quantitative estimate of drug-likeness (QED) is 0.0356. The minimum absolute atomic E-state index is 0.494. The zero-order chi connectivity index (χ0) is 44.3.